The van der Waals surface area contributed by atoms with Gasteiger partial charge in [0.15, 0.2) is 5.76 Å². The van der Waals surface area contributed by atoms with Gasteiger partial charge in [0.2, 0.25) is 10.0 Å². The van der Waals surface area contributed by atoms with E-state index in [0.29, 0.717) is 0 Å². The number of amides is 1. The topological polar surface area (TPSA) is 88.4 Å². The largest absolute Gasteiger partial charge is 0.459 e. The number of hydrogen-bond donors (Lipinski definition) is 2. The molecule has 106 valence electrons. The minimum atomic E-state index is -3.32. The fourth-order valence-electron chi connectivity index (χ4n) is 2.15. The average Bonchev–Trinajstić information content (AvgIpc) is 2.99. The van der Waals surface area contributed by atoms with Gasteiger partial charge >= 0.3 is 0 Å². The number of carbonyl (C=O) groups is 1. The van der Waals surface area contributed by atoms with Gasteiger partial charge in [-0.05, 0) is 25.0 Å². The number of sulfonamides is 1. The minimum absolute atomic E-state index is 0.0609. The van der Waals surface area contributed by atoms with E-state index in [1.165, 1.54) is 12.3 Å². The molecule has 0 aliphatic heterocycles. The van der Waals surface area contributed by atoms with Gasteiger partial charge in [0.25, 0.3) is 5.91 Å². The van der Waals surface area contributed by atoms with Gasteiger partial charge in [-0.15, -0.1) is 0 Å². The lowest BCUT2D eigenvalue weighted by molar-refractivity contribution is 0.0928. The summed E-state index contributed by atoms with van der Waals surface area (Å²) in [6, 6.07) is 3.19. The third kappa shape index (κ3) is 4.36. The van der Waals surface area contributed by atoms with Gasteiger partial charge < -0.3 is 9.73 Å². The Bertz CT molecular complexity index is 504. The van der Waals surface area contributed by atoms with E-state index in [1.807, 2.05) is 0 Å². The molecular weight excluding hydrogens is 268 g/mol. The van der Waals surface area contributed by atoms with Crippen LogP contribution in [0.2, 0.25) is 0 Å². The van der Waals surface area contributed by atoms with Crippen LogP contribution in [0, 0.1) is 0 Å². The molecule has 0 saturated heterocycles. The normalized spacial score (nSPS) is 16.6. The smallest absolute Gasteiger partial charge is 0.287 e. The van der Waals surface area contributed by atoms with Crippen molar-refractivity contribution in [1.29, 1.82) is 0 Å². The highest BCUT2D eigenvalue weighted by Gasteiger charge is 2.21. The van der Waals surface area contributed by atoms with Crippen LogP contribution in [0.3, 0.4) is 0 Å². The summed E-state index contributed by atoms with van der Waals surface area (Å²) in [5.74, 6) is -0.335. The third-order valence-electron chi connectivity index (χ3n) is 3.10. The second kappa shape index (κ2) is 6.21. The van der Waals surface area contributed by atoms with Gasteiger partial charge in [-0.3, -0.25) is 4.79 Å². The Morgan fingerprint density at radius 1 is 1.37 bits per heavy atom. The minimum Gasteiger partial charge on any atom is -0.459 e. The highest BCUT2D eigenvalue weighted by Crippen LogP contribution is 2.18. The fourth-order valence-corrected chi connectivity index (χ4v) is 3.38. The lowest BCUT2D eigenvalue weighted by atomic mass is 10.3. The van der Waals surface area contributed by atoms with Crippen LogP contribution in [0.15, 0.2) is 22.8 Å². The fraction of sp³-hybridized carbons (Fsp3) is 0.583. The molecule has 2 N–H and O–H groups in total. The molecule has 0 bridgehead atoms. The number of rotatable bonds is 6. The summed E-state index contributed by atoms with van der Waals surface area (Å²) >= 11 is 0. The summed E-state index contributed by atoms with van der Waals surface area (Å²) in [5.41, 5.74) is 0. The molecule has 1 heterocycles. The van der Waals surface area contributed by atoms with Crippen LogP contribution in [0.25, 0.3) is 0 Å². The predicted octanol–water partition coefficient (Wildman–Crippen LogP) is 0.871. The monoisotopic (exact) mass is 286 g/mol. The van der Waals surface area contributed by atoms with Crippen LogP contribution >= 0.6 is 0 Å². The number of furan rings is 1. The molecule has 1 aromatic rings. The highest BCUT2D eigenvalue weighted by molar-refractivity contribution is 7.89. The Balaban J connectivity index is 1.73. The lowest BCUT2D eigenvalue weighted by Crippen LogP contribution is -2.38. The molecule has 1 aliphatic carbocycles. The van der Waals surface area contributed by atoms with Crippen molar-refractivity contribution in [3.05, 3.63) is 24.2 Å². The maximum absolute atomic E-state index is 11.8. The van der Waals surface area contributed by atoms with Crippen molar-refractivity contribution in [1.82, 2.24) is 10.0 Å². The first-order chi connectivity index (χ1) is 9.07. The lowest BCUT2D eigenvalue weighted by Gasteiger charge is -2.12. The second-order valence-electron chi connectivity index (χ2n) is 4.65. The Hall–Kier alpha value is -1.34. The van der Waals surface area contributed by atoms with Crippen molar-refractivity contribution in [2.75, 3.05) is 12.3 Å². The molecule has 1 aliphatic rings. The highest BCUT2D eigenvalue weighted by atomic mass is 32.2. The Labute approximate surface area is 112 Å². The maximum atomic E-state index is 11.8. The summed E-state index contributed by atoms with van der Waals surface area (Å²) in [5, 5.41) is 2.51. The summed E-state index contributed by atoms with van der Waals surface area (Å²) in [7, 11) is -3.32. The SMILES string of the molecule is O=C(NCCS(=O)(=O)NC1CCCC1)c1ccco1. The van der Waals surface area contributed by atoms with Crippen LogP contribution in [-0.2, 0) is 10.0 Å². The van der Waals surface area contributed by atoms with Crippen molar-refractivity contribution in [2.24, 2.45) is 0 Å². The molecule has 1 fully saturated rings. The number of nitrogens with one attached hydrogen (secondary N) is 2. The van der Waals surface area contributed by atoms with Crippen LogP contribution in [0.4, 0.5) is 0 Å². The molecule has 1 saturated carbocycles. The van der Waals surface area contributed by atoms with Gasteiger partial charge in [-0.1, -0.05) is 12.8 Å². The van der Waals surface area contributed by atoms with E-state index in [4.69, 9.17) is 4.42 Å². The first kappa shape index (κ1) is 14.1. The zero-order chi connectivity index (χ0) is 13.7. The molecule has 2 rings (SSSR count). The zero-order valence-electron chi connectivity index (χ0n) is 10.6. The second-order valence-corrected chi connectivity index (χ2v) is 6.52. The van der Waals surface area contributed by atoms with Gasteiger partial charge in [-0.2, -0.15) is 0 Å². The van der Waals surface area contributed by atoms with E-state index in [2.05, 4.69) is 10.0 Å². The van der Waals surface area contributed by atoms with Crippen molar-refractivity contribution in [3.63, 3.8) is 0 Å². The predicted molar refractivity (Wildman–Crippen MR) is 70.2 cm³/mol. The van der Waals surface area contributed by atoms with Crippen LogP contribution in [-0.4, -0.2) is 32.7 Å². The average molecular weight is 286 g/mol. The number of carbonyl (C=O) groups excluding carboxylic acids is 1. The molecule has 1 amide bonds. The van der Waals surface area contributed by atoms with E-state index >= 15 is 0 Å². The molecule has 0 radical (unpaired) electrons. The van der Waals surface area contributed by atoms with Crippen LogP contribution in [0.1, 0.15) is 36.2 Å². The van der Waals surface area contributed by atoms with Gasteiger partial charge in [0.1, 0.15) is 0 Å². The van der Waals surface area contributed by atoms with Crippen molar-refractivity contribution < 1.29 is 17.6 Å². The van der Waals surface area contributed by atoms with E-state index in [0.717, 1.165) is 25.7 Å². The third-order valence-corrected chi connectivity index (χ3v) is 4.54. The molecule has 1 aromatic heterocycles. The van der Waals surface area contributed by atoms with Crippen LogP contribution in [0.5, 0.6) is 0 Å². The molecule has 7 heteroatoms. The summed E-state index contributed by atoms with van der Waals surface area (Å²) < 4.78 is 31.1. The van der Waals surface area contributed by atoms with Crippen LogP contribution < -0.4 is 10.0 Å². The molecule has 0 spiro atoms. The molecule has 0 atom stereocenters. The van der Waals surface area contributed by atoms with Crippen molar-refractivity contribution >= 4 is 15.9 Å². The standard InChI is InChI=1S/C12H18N2O4S/c15-12(11-6-3-8-18-11)13-7-9-19(16,17)14-10-4-1-2-5-10/h3,6,8,10,14H,1-2,4-5,7,9H2,(H,13,15). The molecule has 19 heavy (non-hydrogen) atoms. The van der Waals surface area contributed by atoms with E-state index < -0.39 is 15.9 Å². The molecular formula is C12H18N2O4S. The Kier molecular flexibility index (Phi) is 4.60. The molecule has 0 aromatic carbocycles. The quantitative estimate of drug-likeness (QED) is 0.812. The zero-order valence-corrected chi connectivity index (χ0v) is 11.4. The molecule has 6 nitrogen and oxygen atoms in total. The summed E-state index contributed by atoms with van der Waals surface area (Å²) in [6.07, 6.45) is 5.34. The van der Waals surface area contributed by atoms with Crippen molar-refractivity contribution in [2.45, 2.75) is 31.7 Å². The molecule has 0 unspecified atom stereocenters. The Morgan fingerprint density at radius 2 is 2.11 bits per heavy atom. The van der Waals surface area contributed by atoms with Gasteiger partial charge in [0.05, 0.1) is 12.0 Å². The van der Waals surface area contributed by atoms with Crippen molar-refractivity contribution in [3.8, 4) is 0 Å². The first-order valence-electron chi connectivity index (χ1n) is 6.38. The van der Waals surface area contributed by atoms with E-state index in [1.54, 1.807) is 6.07 Å². The summed E-state index contributed by atoms with van der Waals surface area (Å²) in [4.78, 5) is 11.5. The van der Waals surface area contributed by atoms with E-state index in [-0.39, 0.29) is 24.1 Å². The summed E-state index contributed by atoms with van der Waals surface area (Å²) in [6.45, 7) is 0.0710. The van der Waals surface area contributed by atoms with Gasteiger partial charge in [0, 0.05) is 12.6 Å². The first-order valence-corrected chi connectivity index (χ1v) is 8.04. The maximum Gasteiger partial charge on any atom is 0.287 e. The van der Waals surface area contributed by atoms with Gasteiger partial charge in [-0.25, -0.2) is 13.1 Å². The van der Waals surface area contributed by atoms with E-state index in [9.17, 15) is 13.2 Å². The number of hydrogen-bond acceptors (Lipinski definition) is 4. The Morgan fingerprint density at radius 3 is 2.74 bits per heavy atom.